The largest absolute Gasteiger partial charge is 0.294 e. The number of hydrogen-bond donors (Lipinski definition) is 0. The van der Waals surface area contributed by atoms with Crippen molar-refractivity contribution in [2.24, 2.45) is 0 Å². The summed E-state index contributed by atoms with van der Waals surface area (Å²) in [7, 11) is 0. The lowest BCUT2D eigenvalue weighted by Crippen LogP contribution is -2.08. The molecule has 0 aromatic heterocycles. The second-order valence-electron chi connectivity index (χ2n) is 4.13. The number of carbonyl (C=O) groups excluding carboxylic acids is 1. The van der Waals surface area contributed by atoms with E-state index in [0.717, 1.165) is 17.2 Å². The molecular weight excluding hydrogens is 234 g/mol. The maximum Gasteiger partial charge on any atom is 0.170 e. The minimum atomic E-state index is -1.07. The molecule has 2 aromatic carbocycles. The molecule has 0 aliphatic heterocycles. The van der Waals surface area contributed by atoms with Crippen molar-refractivity contribution in [3.8, 4) is 0 Å². The van der Waals surface area contributed by atoms with Crippen LogP contribution < -0.4 is 0 Å². The molecule has 0 bridgehead atoms. The van der Waals surface area contributed by atoms with E-state index >= 15 is 0 Å². The minimum absolute atomic E-state index is 0.0764. The Hall–Kier alpha value is -2.03. The van der Waals surface area contributed by atoms with Gasteiger partial charge in [0.1, 0.15) is 0 Å². The molecule has 0 atom stereocenters. The zero-order chi connectivity index (χ0) is 13.1. The molecule has 0 saturated carbocycles. The van der Waals surface area contributed by atoms with E-state index in [-0.39, 0.29) is 12.0 Å². The Morgan fingerprint density at radius 3 is 2.50 bits per heavy atom. The van der Waals surface area contributed by atoms with Crippen LogP contribution in [0.1, 0.15) is 21.5 Å². The second kappa shape index (κ2) is 5.08. The molecule has 0 fully saturated rings. The Labute approximate surface area is 104 Å². The van der Waals surface area contributed by atoms with Crippen LogP contribution in [0.25, 0.3) is 0 Å². The van der Waals surface area contributed by atoms with E-state index in [2.05, 4.69) is 0 Å². The van der Waals surface area contributed by atoms with Crippen LogP contribution in [0.5, 0.6) is 0 Å². The molecule has 0 aliphatic carbocycles. The Morgan fingerprint density at radius 2 is 1.78 bits per heavy atom. The average molecular weight is 246 g/mol. The Kier molecular flexibility index (Phi) is 3.51. The fraction of sp³-hybridized carbons (Fsp3) is 0.133. The highest BCUT2D eigenvalue weighted by Crippen LogP contribution is 2.16. The van der Waals surface area contributed by atoms with Crippen LogP contribution in [0, 0.1) is 18.6 Å². The van der Waals surface area contributed by atoms with Crippen molar-refractivity contribution in [1.82, 2.24) is 0 Å². The summed E-state index contributed by atoms with van der Waals surface area (Å²) < 4.78 is 26.5. The van der Waals surface area contributed by atoms with Crippen molar-refractivity contribution in [3.63, 3.8) is 0 Å². The van der Waals surface area contributed by atoms with Crippen LogP contribution in [0.2, 0.25) is 0 Å². The van der Waals surface area contributed by atoms with Gasteiger partial charge in [0, 0.05) is 6.42 Å². The summed E-state index contributed by atoms with van der Waals surface area (Å²) in [4.78, 5) is 11.9. The van der Waals surface area contributed by atoms with E-state index in [4.69, 9.17) is 0 Å². The van der Waals surface area contributed by atoms with Crippen molar-refractivity contribution in [3.05, 3.63) is 70.8 Å². The molecule has 0 saturated heterocycles. The molecule has 0 N–H and O–H groups in total. The molecule has 0 amide bonds. The molecule has 2 aromatic rings. The number of Topliss-reactive ketones (excluding diaryl/α,β-unsaturated/α-hetero) is 1. The van der Waals surface area contributed by atoms with Gasteiger partial charge in [0.2, 0.25) is 0 Å². The zero-order valence-corrected chi connectivity index (χ0v) is 9.91. The summed E-state index contributed by atoms with van der Waals surface area (Å²) in [5.74, 6) is -2.48. The lowest BCUT2D eigenvalue weighted by atomic mass is 9.99. The van der Waals surface area contributed by atoms with Gasteiger partial charge in [0.25, 0.3) is 0 Å². The number of carbonyl (C=O) groups is 1. The summed E-state index contributed by atoms with van der Waals surface area (Å²) in [5, 5.41) is 0. The van der Waals surface area contributed by atoms with Gasteiger partial charge in [-0.05, 0) is 30.2 Å². The first kappa shape index (κ1) is 12.4. The van der Waals surface area contributed by atoms with Gasteiger partial charge in [-0.15, -0.1) is 0 Å². The van der Waals surface area contributed by atoms with E-state index in [1.54, 1.807) is 0 Å². The van der Waals surface area contributed by atoms with Crippen molar-refractivity contribution in [2.75, 3.05) is 0 Å². The van der Waals surface area contributed by atoms with Crippen molar-refractivity contribution >= 4 is 5.78 Å². The van der Waals surface area contributed by atoms with Gasteiger partial charge in [-0.3, -0.25) is 4.79 Å². The number of halogens is 2. The zero-order valence-electron chi connectivity index (χ0n) is 9.91. The molecule has 0 radical (unpaired) electrons. The lowest BCUT2D eigenvalue weighted by molar-refractivity contribution is 0.0988. The van der Waals surface area contributed by atoms with Gasteiger partial charge in [-0.1, -0.05) is 30.3 Å². The molecule has 0 heterocycles. The normalized spacial score (nSPS) is 10.4. The molecule has 1 nitrogen and oxygen atoms in total. The third kappa shape index (κ3) is 2.45. The number of rotatable bonds is 3. The molecule has 18 heavy (non-hydrogen) atoms. The summed E-state index contributed by atoms with van der Waals surface area (Å²) in [5.41, 5.74) is 1.59. The Morgan fingerprint density at radius 1 is 1.06 bits per heavy atom. The summed E-state index contributed by atoms with van der Waals surface area (Å²) in [6.45, 7) is 1.88. The van der Waals surface area contributed by atoms with Crippen LogP contribution in [-0.4, -0.2) is 5.78 Å². The Balaban J connectivity index is 2.28. The van der Waals surface area contributed by atoms with Gasteiger partial charge in [-0.25, -0.2) is 8.78 Å². The molecule has 2 rings (SSSR count). The van der Waals surface area contributed by atoms with Gasteiger partial charge in [0.05, 0.1) is 5.56 Å². The number of benzene rings is 2. The smallest absolute Gasteiger partial charge is 0.170 e. The monoisotopic (exact) mass is 246 g/mol. The third-order valence-electron chi connectivity index (χ3n) is 2.86. The minimum Gasteiger partial charge on any atom is -0.294 e. The SMILES string of the molecule is Cc1ccccc1CC(=O)c1cccc(F)c1F. The van der Waals surface area contributed by atoms with E-state index in [1.807, 2.05) is 31.2 Å². The standard InChI is InChI=1S/C15H12F2O/c1-10-5-2-3-6-11(10)9-14(18)12-7-4-8-13(16)15(12)17/h2-8H,9H2,1H3. The van der Waals surface area contributed by atoms with Crippen LogP contribution >= 0.6 is 0 Å². The maximum absolute atomic E-state index is 13.5. The number of aryl methyl sites for hydroxylation is 1. The maximum atomic E-state index is 13.5. The van der Waals surface area contributed by atoms with Crippen LogP contribution in [0.3, 0.4) is 0 Å². The first-order chi connectivity index (χ1) is 8.59. The molecular formula is C15H12F2O. The van der Waals surface area contributed by atoms with Crippen LogP contribution in [0.15, 0.2) is 42.5 Å². The van der Waals surface area contributed by atoms with Gasteiger partial charge < -0.3 is 0 Å². The van der Waals surface area contributed by atoms with E-state index in [9.17, 15) is 13.6 Å². The average Bonchev–Trinajstić information content (AvgIpc) is 2.35. The van der Waals surface area contributed by atoms with Gasteiger partial charge in [0.15, 0.2) is 17.4 Å². The van der Waals surface area contributed by atoms with Crippen molar-refractivity contribution in [2.45, 2.75) is 13.3 Å². The number of hydrogen-bond acceptors (Lipinski definition) is 1. The highest BCUT2D eigenvalue weighted by molar-refractivity contribution is 5.97. The first-order valence-electron chi connectivity index (χ1n) is 5.61. The molecule has 0 aliphatic rings. The highest BCUT2D eigenvalue weighted by Gasteiger charge is 2.15. The van der Waals surface area contributed by atoms with Crippen LogP contribution in [0.4, 0.5) is 8.78 Å². The first-order valence-corrected chi connectivity index (χ1v) is 5.61. The molecule has 3 heteroatoms. The van der Waals surface area contributed by atoms with Crippen molar-refractivity contribution in [1.29, 1.82) is 0 Å². The quantitative estimate of drug-likeness (QED) is 0.755. The van der Waals surface area contributed by atoms with Crippen molar-refractivity contribution < 1.29 is 13.6 Å². The van der Waals surface area contributed by atoms with E-state index in [0.29, 0.717) is 0 Å². The third-order valence-corrected chi connectivity index (χ3v) is 2.86. The highest BCUT2D eigenvalue weighted by atomic mass is 19.2. The molecule has 0 unspecified atom stereocenters. The predicted octanol–water partition coefficient (Wildman–Crippen LogP) is 3.70. The topological polar surface area (TPSA) is 17.1 Å². The number of ketones is 1. The Bertz CT molecular complexity index is 591. The fourth-order valence-corrected chi connectivity index (χ4v) is 1.80. The molecule has 0 spiro atoms. The second-order valence-corrected chi connectivity index (χ2v) is 4.13. The summed E-state index contributed by atoms with van der Waals surface area (Å²) in [6, 6.07) is 11.0. The van der Waals surface area contributed by atoms with Gasteiger partial charge >= 0.3 is 0 Å². The summed E-state index contributed by atoms with van der Waals surface area (Å²) in [6.07, 6.45) is 0.0764. The van der Waals surface area contributed by atoms with Crippen LogP contribution in [-0.2, 0) is 6.42 Å². The lowest BCUT2D eigenvalue weighted by Gasteiger charge is -2.06. The van der Waals surface area contributed by atoms with Gasteiger partial charge in [-0.2, -0.15) is 0 Å². The van der Waals surface area contributed by atoms with E-state index < -0.39 is 17.4 Å². The molecule has 92 valence electrons. The van der Waals surface area contributed by atoms with E-state index in [1.165, 1.54) is 12.1 Å². The summed E-state index contributed by atoms with van der Waals surface area (Å²) >= 11 is 0. The fourth-order valence-electron chi connectivity index (χ4n) is 1.80. The predicted molar refractivity (Wildman–Crippen MR) is 65.6 cm³/mol.